The number of hydrogen-bond donors (Lipinski definition) is 1. The molecule has 6 nitrogen and oxygen atoms in total. The normalized spacial score (nSPS) is 10.5. The number of aromatic nitrogens is 2. The van der Waals surface area contributed by atoms with E-state index in [0.29, 0.717) is 28.5 Å². The lowest BCUT2D eigenvalue weighted by Gasteiger charge is -2.08. The van der Waals surface area contributed by atoms with Crippen LogP contribution in [0.25, 0.3) is 11.5 Å². The number of ether oxygens (including phenoxy) is 1. The molecule has 0 saturated heterocycles. The van der Waals surface area contributed by atoms with E-state index in [2.05, 4.69) is 38.0 Å². The van der Waals surface area contributed by atoms with Gasteiger partial charge in [-0.25, -0.2) is 0 Å². The fourth-order valence-corrected chi connectivity index (χ4v) is 3.23. The molecule has 0 aliphatic rings. The first-order chi connectivity index (χ1) is 14.2. The molecular weight excluding hydrogens is 481 g/mol. The van der Waals surface area contributed by atoms with Gasteiger partial charge < -0.3 is 14.6 Å². The lowest BCUT2D eigenvalue weighted by Crippen LogP contribution is -2.12. The number of nitrogens with one attached hydrogen (secondary N) is 1. The van der Waals surface area contributed by atoms with Gasteiger partial charge in [-0.1, -0.05) is 41.6 Å². The number of para-hydroxylation sites is 2. The molecule has 0 saturated carbocycles. The van der Waals surface area contributed by atoms with E-state index in [9.17, 15) is 4.79 Å². The van der Waals surface area contributed by atoms with Crippen molar-refractivity contribution in [2.75, 3.05) is 5.32 Å². The summed E-state index contributed by atoms with van der Waals surface area (Å²) < 4.78 is 12.0. The average Bonchev–Trinajstić information content (AvgIpc) is 3.22. The molecule has 0 spiro atoms. The Labute approximate surface area is 181 Å². The monoisotopic (exact) mass is 497 g/mol. The van der Waals surface area contributed by atoms with Crippen LogP contribution in [0.5, 0.6) is 5.75 Å². The zero-order valence-electron chi connectivity index (χ0n) is 15.2. The molecule has 0 aliphatic carbocycles. The number of hydrogen-bond acceptors (Lipinski definition) is 5. The van der Waals surface area contributed by atoms with E-state index in [1.54, 1.807) is 12.1 Å². The van der Waals surface area contributed by atoms with Crippen molar-refractivity contribution in [3.63, 3.8) is 0 Å². The van der Waals surface area contributed by atoms with Crippen molar-refractivity contribution in [1.82, 2.24) is 10.1 Å². The van der Waals surface area contributed by atoms with Crippen molar-refractivity contribution in [3.8, 4) is 17.2 Å². The predicted octanol–water partition coefficient (Wildman–Crippen LogP) is 5.17. The summed E-state index contributed by atoms with van der Waals surface area (Å²) in [6.45, 7) is 0.185. The molecule has 3 aromatic carbocycles. The number of benzene rings is 3. The van der Waals surface area contributed by atoms with E-state index in [4.69, 9.17) is 9.26 Å². The first kappa shape index (κ1) is 19.1. The van der Waals surface area contributed by atoms with E-state index in [-0.39, 0.29) is 12.5 Å². The lowest BCUT2D eigenvalue weighted by atomic mass is 10.1. The molecule has 7 heteroatoms. The third kappa shape index (κ3) is 4.80. The Balaban J connectivity index is 1.51. The highest BCUT2D eigenvalue weighted by Gasteiger charge is 2.15. The Morgan fingerprint density at radius 3 is 2.62 bits per heavy atom. The maximum atomic E-state index is 12.6. The van der Waals surface area contributed by atoms with Crippen LogP contribution in [0.15, 0.2) is 83.4 Å². The van der Waals surface area contributed by atoms with Crippen LogP contribution in [-0.2, 0) is 6.61 Å². The number of nitrogens with zero attached hydrogens (tertiary/aromatic N) is 2. The molecule has 1 heterocycles. The Morgan fingerprint density at radius 1 is 1.00 bits per heavy atom. The van der Waals surface area contributed by atoms with Crippen LogP contribution in [0, 0.1) is 3.57 Å². The first-order valence-electron chi connectivity index (χ1n) is 8.86. The van der Waals surface area contributed by atoms with Gasteiger partial charge in [0.1, 0.15) is 5.75 Å². The second-order valence-electron chi connectivity index (χ2n) is 6.13. The zero-order valence-corrected chi connectivity index (χ0v) is 17.4. The van der Waals surface area contributed by atoms with E-state index in [1.807, 2.05) is 66.7 Å². The third-order valence-electron chi connectivity index (χ3n) is 4.07. The molecule has 0 unspecified atom stereocenters. The second-order valence-corrected chi connectivity index (χ2v) is 7.37. The molecule has 1 N–H and O–H groups in total. The van der Waals surface area contributed by atoms with Crippen LogP contribution >= 0.6 is 22.6 Å². The fraction of sp³-hybridized carbons (Fsp3) is 0.0455. The van der Waals surface area contributed by atoms with Crippen LogP contribution in [0.4, 0.5) is 5.69 Å². The van der Waals surface area contributed by atoms with E-state index < -0.39 is 0 Å². The van der Waals surface area contributed by atoms with Gasteiger partial charge in [0.05, 0.1) is 11.3 Å². The highest BCUT2D eigenvalue weighted by molar-refractivity contribution is 14.1. The van der Waals surface area contributed by atoms with E-state index in [1.165, 1.54) is 0 Å². The summed E-state index contributed by atoms with van der Waals surface area (Å²) in [5.74, 6) is 1.25. The average molecular weight is 497 g/mol. The Hall–Kier alpha value is -3.20. The summed E-state index contributed by atoms with van der Waals surface area (Å²) in [7, 11) is 0. The minimum absolute atomic E-state index is 0.185. The van der Waals surface area contributed by atoms with Crippen molar-refractivity contribution in [2.24, 2.45) is 0 Å². The van der Waals surface area contributed by atoms with Gasteiger partial charge in [0, 0.05) is 9.13 Å². The minimum atomic E-state index is -0.205. The Bertz CT molecular complexity index is 1130. The van der Waals surface area contributed by atoms with Crippen LogP contribution in [0.1, 0.15) is 16.2 Å². The molecule has 1 amide bonds. The summed E-state index contributed by atoms with van der Waals surface area (Å²) in [5, 5.41) is 6.89. The summed E-state index contributed by atoms with van der Waals surface area (Å²) in [6.07, 6.45) is 0. The van der Waals surface area contributed by atoms with Crippen LogP contribution < -0.4 is 10.1 Å². The highest BCUT2D eigenvalue weighted by atomic mass is 127. The molecule has 1 aromatic heterocycles. The first-order valence-corrected chi connectivity index (χ1v) is 9.94. The van der Waals surface area contributed by atoms with Gasteiger partial charge in [-0.2, -0.15) is 4.98 Å². The van der Waals surface area contributed by atoms with Gasteiger partial charge >= 0.3 is 0 Å². The van der Waals surface area contributed by atoms with Gasteiger partial charge in [-0.3, -0.25) is 4.79 Å². The largest absolute Gasteiger partial charge is 0.485 e. The van der Waals surface area contributed by atoms with Gasteiger partial charge in [0.2, 0.25) is 5.82 Å². The molecule has 0 atom stereocenters. The number of amides is 1. The molecule has 0 fully saturated rings. The SMILES string of the molecule is O=C(Nc1ccccc1-c1nc(COc2ccccc2)no1)c1cccc(I)c1. The van der Waals surface area contributed by atoms with Gasteiger partial charge in [-0.05, 0) is 65.1 Å². The molecule has 4 aromatic rings. The summed E-state index contributed by atoms with van der Waals surface area (Å²) in [4.78, 5) is 17.0. The summed E-state index contributed by atoms with van der Waals surface area (Å²) in [6, 6.07) is 24.1. The number of carbonyl (C=O) groups is 1. The Kier molecular flexibility index (Phi) is 5.85. The topological polar surface area (TPSA) is 77.2 Å². The Morgan fingerprint density at radius 2 is 1.79 bits per heavy atom. The second kappa shape index (κ2) is 8.87. The quantitative estimate of drug-likeness (QED) is 0.372. The van der Waals surface area contributed by atoms with Gasteiger partial charge in [0.15, 0.2) is 6.61 Å². The van der Waals surface area contributed by atoms with Gasteiger partial charge in [0.25, 0.3) is 11.8 Å². The van der Waals surface area contributed by atoms with Crippen molar-refractivity contribution < 1.29 is 14.1 Å². The maximum Gasteiger partial charge on any atom is 0.260 e. The standard InChI is InChI=1S/C22H16IN3O3/c23-16-8-6-7-15(13-16)21(27)24-19-12-5-4-11-18(19)22-25-20(26-29-22)14-28-17-9-2-1-3-10-17/h1-13H,14H2,(H,24,27). The molecule has 0 bridgehead atoms. The van der Waals surface area contributed by atoms with Crippen molar-refractivity contribution in [2.45, 2.75) is 6.61 Å². The smallest absolute Gasteiger partial charge is 0.260 e. The predicted molar refractivity (Wildman–Crippen MR) is 118 cm³/mol. The molecular formula is C22H16IN3O3. The minimum Gasteiger partial charge on any atom is -0.485 e. The number of carbonyl (C=O) groups excluding carboxylic acids is 1. The fourth-order valence-electron chi connectivity index (χ4n) is 2.69. The zero-order chi connectivity index (χ0) is 20.1. The number of halogens is 1. The maximum absolute atomic E-state index is 12.6. The van der Waals surface area contributed by atoms with Gasteiger partial charge in [-0.15, -0.1) is 0 Å². The van der Waals surface area contributed by atoms with Crippen LogP contribution in [0.3, 0.4) is 0 Å². The molecule has 4 rings (SSSR count). The van der Waals surface area contributed by atoms with E-state index in [0.717, 1.165) is 9.32 Å². The lowest BCUT2D eigenvalue weighted by molar-refractivity contribution is 0.102. The molecule has 144 valence electrons. The van der Waals surface area contributed by atoms with Crippen molar-refractivity contribution in [1.29, 1.82) is 0 Å². The summed E-state index contributed by atoms with van der Waals surface area (Å²) >= 11 is 2.18. The van der Waals surface area contributed by atoms with E-state index >= 15 is 0 Å². The third-order valence-corrected chi connectivity index (χ3v) is 4.74. The number of anilines is 1. The van der Waals surface area contributed by atoms with Crippen molar-refractivity contribution in [3.05, 3.63) is 93.8 Å². The summed E-state index contributed by atoms with van der Waals surface area (Å²) in [5.41, 5.74) is 1.81. The molecule has 0 radical (unpaired) electrons. The van der Waals surface area contributed by atoms with Crippen molar-refractivity contribution >= 4 is 34.2 Å². The van der Waals surface area contributed by atoms with Crippen LogP contribution in [-0.4, -0.2) is 16.0 Å². The molecule has 0 aliphatic heterocycles. The molecule has 29 heavy (non-hydrogen) atoms. The van der Waals surface area contributed by atoms with Crippen LogP contribution in [0.2, 0.25) is 0 Å². The highest BCUT2D eigenvalue weighted by Crippen LogP contribution is 2.27. The number of rotatable bonds is 6.